The van der Waals surface area contributed by atoms with Crippen molar-refractivity contribution >= 4 is 21.6 Å². The lowest BCUT2D eigenvalue weighted by atomic mass is 10.1. The standard InChI is InChI=1S/C21H22N2O5S/c1-2-27-18-9-5-16(6-10-18)14-21(24)23-17-7-11-20(12-8-17)29(25,26)22-15-19-4-3-13-28-19/h3-13,22H,2,14-15H2,1H3,(H,23,24). The molecule has 0 fully saturated rings. The van der Waals surface area contributed by atoms with E-state index < -0.39 is 10.0 Å². The SMILES string of the molecule is CCOc1ccc(CC(=O)Nc2ccc(S(=O)(=O)NCc3ccco3)cc2)cc1. The largest absolute Gasteiger partial charge is 0.494 e. The van der Waals surface area contributed by atoms with Crippen LogP contribution in [0.4, 0.5) is 5.69 Å². The first-order valence-corrected chi connectivity index (χ1v) is 10.6. The van der Waals surface area contributed by atoms with Crippen LogP contribution in [0.5, 0.6) is 5.75 Å². The molecule has 8 heteroatoms. The van der Waals surface area contributed by atoms with E-state index in [2.05, 4.69) is 10.0 Å². The van der Waals surface area contributed by atoms with Crippen LogP contribution in [0.2, 0.25) is 0 Å². The van der Waals surface area contributed by atoms with E-state index in [4.69, 9.17) is 9.15 Å². The minimum absolute atomic E-state index is 0.0654. The second-order valence-corrected chi connectivity index (χ2v) is 8.00. The van der Waals surface area contributed by atoms with Crippen LogP contribution in [0.3, 0.4) is 0 Å². The van der Waals surface area contributed by atoms with Crippen molar-refractivity contribution in [2.75, 3.05) is 11.9 Å². The molecule has 0 unspecified atom stereocenters. The number of benzene rings is 2. The third kappa shape index (κ3) is 5.94. The van der Waals surface area contributed by atoms with Crippen LogP contribution in [0.25, 0.3) is 0 Å². The van der Waals surface area contributed by atoms with E-state index in [1.807, 2.05) is 31.2 Å². The van der Waals surface area contributed by atoms with Crippen LogP contribution in [-0.2, 0) is 27.8 Å². The number of hydrogen-bond donors (Lipinski definition) is 2. The van der Waals surface area contributed by atoms with Crippen molar-refractivity contribution in [2.24, 2.45) is 0 Å². The Hall–Kier alpha value is -3.10. The smallest absolute Gasteiger partial charge is 0.240 e. The second-order valence-electron chi connectivity index (χ2n) is 6.23. The van der Waals surface area contributed by atoms with E-state index >= 15 is 0 Å². The highest BCUT2D eigenvalue weighted by Crippen LogP contribution is 2.16. The highest BCUT2D eigenvalue weighted by molar-refractivity contribution is 7.89. The molecule has 0 spiro atoms. The summed E-state index contributed by atoms with van der Waals surface area (Å²) >= 11 is 0. The molecule has 0 aliphatic heterocycles. The summed E-state index contributed by atoms with van der Waals surface area (Å²) in [7, 11) is -3.67. The van der Waals surface area contributed by atoms with Crippen molar-refractivity contribution in [2.45, 2.75) is 24.8 Å². The van der Waals surface area contributed by atoms with Gasteiger partial charge in [-0.2, -0.15) is 0 Å². The number of anilines is 1. The van der Waals surface area contributed by atoms with E-state index in [0.29, 0.717) is 18.1 Å². The molecule has 0 aliphatic carbocycles. The van der Waals surface area contributed by atoms with E-state index in [1.165, 1.54) is 18.4 Å². The van der Waals surface area contributed by atoms with Crippen molar-refractivity contribution in [1.82, 2.24) is 4.72 Å². The average molecular weight is 414 g/mol. The fourth-order valence-corrected chi connectivity index (χ4v) is 3.63. The average Bonchev–Trinajstić information content (AvgIpc) is 3.22. The lowest BCUT2D eigenvalue weighted by molar-refractivity contribution is -0.115. The summed E-state index contributed by atoms with van der Waals surface area (Å²) < 4.78 is 37.6. The van der Waals surface area contributed by atoms with Gasteiger partial charge < -0.3 is 14.5 Å². The number of sulfonamides is 1. The van der Waals surface area contributed by atoms with E-state index in [9.17, 15) is 13.2 Å². The van der Waals surface area contributed by atoms with Gasteiger partial charge in [0.2, 0.25) is 15.9 Å². The number of carbonyl (C=O) groups excluding carboxylic acids is 1. The molecule has 29 heavy (non-hydrogen) atoms. The quantitative estimate of drug-likeness (QED) is 0.560. The molecule has 0 aliphatic rings. The monoisotopic (exact) mass is 414 g/mol. The van der Waals surface area contributed by atoms with Gasteiger partial charge in [-0.25, -0.2) is 13.1 Å². The lowest BCUT2D eigenvalue weighted by Crippen LogP contribution is -2.23. The van der Waals surface area contributed by atoms with Gasteiger partial charge in [-0.15, -0.1) is 0 Å². The third-order valence-electron chi connectivity index (χ3n) is 4.06. The Labute approximate surface area is 169 Å². The van der Waals surface area contributed by atoms with Gasteiger partial charge in [-0.1, -0.05) is 12.1 Å². The van der Waals surface area contributed by atoms with Crippen molar-refractivity contribution in [1.29, 1.82) is 0 Å². The van der Waals surface area contributed by atoms with Crippen LogP contribution < -0.4 is 14.8 Å². The van der Waals surface area contributed by atoms with Crippen LogP contribution in [0.15, 0.2) is 76.2 Å². The van der Waals surface area contributed by atoms with E-state index in [1.54, 1.807) is 24.3 Å². The third-order valence-corrected chi connectivity index (χ3v) is 5.48. The normalized spacial score (nSPS) is 11.2. The molecule has 3 rings (SSSR count). The minimum Gasteiger partial charge on any atom is -0.494 e. The fourth-order valence-electron chi connectivity index (χ4n) is 2.64. The zero-order chi connectivity index (χ0) is 20.7. The molecule has 2 N–H and O–H groups in total. The first kappa shape index (κ1) is 20.6. The van der Waals surface area contributed by atoms with Gasteiger partial charge in [0.1, 0.15) is 11.5 Å². The van der Waals surface area contributed by atoms with Crippen molar-refractivity contribution < 1.29 is 22.4 Å². The Bertz CT molecular complexity index is 1030. The van der Waals surface area contributed by atoms with Crippen LogP contribution in [0.1, 0.15) is 18.2 Å². The summed E-state index contributed by atoms with van der Waals surface area (Å²) in [5.41, 5.74) is 1.37. The number of amides is 1. The Morgan fingerprint density at radius 3 is 2.38 bits per heavy atom. The lowest BCUT2D eigenvalue weighted by Gasteiger charge is -2.09. The van der Waals surface area contributed by atoms with E-state index in [-0.39, 0.29) is 23.8 Å². The summed E-state index contributed by atoms with van der Waals surface area (Å²) in [6.07, 6.45) is 1.69. The summed E-state index contributed by atoms with van der Waals surface area (Å²) in [6.45, 7) is 2.56. The van der Waals surface area contributed by atoms with Crippen LogP contribution >= 0.6 is 0 Å². The summed E-state index contributed by atoms with van der Waals surface area (Å²) in [5, 5.41) is 2.76. The number of nitrogens with one attached hydrogen (secondary N) is 2. The number of carbonyl (C=O) groups is 1. The second kappa shape index (κ2) is 9.40. The zero-order valence-corrected chi connectivity index (χ0v) is 16.7. The van der Waals surface area contributed by atoms with Crippen LogP contribution in [0, 0.1) is 0 Å². The Kier molecular flexibility index (Phi) is 6.69. The Balaban J connectivity index is 1.55. The maximum Gasteiger partial charge on any atom is 0.240 e. The summed E-state index contributed by atoms with van der Waals surface area (Å²) in [4.78, 5) is 12.3. The molecule has 0 atom stereocenters. The van der Waals surface area contributed by atoms with Gasteiger partial charge in [0.15, 0.2) is 0 Å². The van der Waals surface area contributed by atoms with Gasteiger partial charge in [0, 0.05) is 5.69 Å². The molecule has 0 radical (unpaired) electrons. The predicted octanol–water partition coefficient (Wildman–Crippen LogP) is 3.34. The highest BCUT2D eigenvalue weighted by atomic mass is 32.2. The van der Waals surface area contributed by atoms with Gasteiger partial charge in [0.05, 0.1) is 30.7 Å². The first-order valence-electron chi connectivity index (χ1n) is 9.10. The van der Waals surface area contributed by atoms with Gasteiger partial charge in [-0.3, -0.25) is 4.79 Å². The van der Waals surface area contributed by atoms with Gasteiger partial charge >= 0.3 is 0 Å². The van der Waals surface area contributed by atoms with E-state index in [0.717, 1.165) is 11.3 Å². The van der Waals surface area contributed by atoms with Crippen LogP contribution in [-0.4, -0.2) is 20.9 Å². The van der Waals surface area contributed by atoms with Crippen molar-refractivity contribution in [3.63, 3.8) is 0 Å². The topological polar surface area (TPSA) is 97.6 Å². The molecule has 3 aromatic rings. The first-order chi connectivity index (χ1) is 14.0. The molecule has 152 valence electrons. The van der Waals surface area contributed by atoms with Crippen molar-refractivity contribution in [3.05, 3.63) is 78.3 Å². The molecule has 0 saturated carbocycles. The minimum atomic E-state index is -3.67. The molecule has 1 heterocycles. The molecule has 0 bridgehead atoms. The molecular weight excluding hydrogens is 392 g/mol. The van der Waals surface area contributed by atoms with Gasteiger partial charge in [-0.05, 0) is 61.0 Å². The number of rotatable bonds is 9. The Morgan fingerprint density at radius 2 is 1.76 bits per heavy atom. The molecular formula is C21H22N2O5S. The molecule has 0 saturated heterocycles. The molecule has 2 aromatic carbocycles. The maximum absolute atomic E-state index is 12.3. The maximum atomic E-state index is 12.3. The summed E-state index contributed by atoms with van der Waals surface area (Å²) in [5.74, 6) is 1.08. The number of furan rings is 1. The fraction of sp³-hybridized carbons (Fsp3) is 0.190. The van der Waals surface area contributed by atoms with Crippen molar-refractivity contribution in [3.8, 4) is 5.75 Å². The highest BCUT2D eigenvalue weighted by Gasteiger charge is 2.14. The zero-order valence-electron chi connectivity index (χ0n) is 15.9. The molecule has 1 aromatic heterocycles. The summed E-state index contributed by atoms with van der Waals surface area (Å²) in [6, 6.07) is 16.7. The number of ether oxygens (including phenoxy) is 1. The van der Waals surface area contributed by atoms with Gasteiger partial charge in [0.25, 0.3) is 0 Å². The predicted molar refractivity (Wildman–Crippen MR) is 109 cm³/mol. The molecule has 7 nitrogen and oxygen atoms in total. The molecule has 1 amide bonds. The number of hydrogen-bond acceptors (Lipinski definition) is 5. The Morgan fingerprint density at radius 1 is 1.03 bits per heavy atom.